The van der Waals surface area contributed by atoms with Gasteiger partial charge in [-0.2, -0.15) is 5.26 Å². The van der Waals surface area contributed by atoms with Gasteiger partial charge in [-0.1, -0.05) is 26.8 Å². The Morgan fingerprint density at radius 1 is 1.39 bits per heavy atom. The van der Waals surface area contributed by atoms with Crippen molar-refractivity contribution in [2.75, 3.05) is 19.6 Å². The number of rotatable bonds is 5. The van der Waals surface area contributed by atoms with E-state index in [2.05, 4.69) is 33.6 Å². The molecule has 3 rings (SSSR count). The van der Waals surface area contributed by atoms with Gasteiger partial charge < -0.3 is 16.4 Å². The van der Waals surface area contributed by atoms with E-state index >= 15 is 0 Å². The highest BCUT2D eigenvalue weighted by Gasteiger charge is 2.40. The molecule has 1 aliphatic heterocycles. The van der Waals surface area contributed by atoms with E-state index in [1.807, 2.05) is 19.9 Å². The number of nitrogens with two attached hydrogens (primary N) is 1. The summed E-state index contributed by atoms with van der Waals surface area (Å²) in [6.45, 7) is 8.07. The monoisotopic (exact) mass is 380 g/mol. The number of hydrogen-bond donors (Lipinski definition) is 3. The predicted molar refractivity (Wildman–Crippen MR) is 108 cm³/mol. The fraction of sp³-hybridized carbons (Fsp3) is 0.524. The van der Waals surface area contributed by atoms with Crippen LogP contribution >= 0.6 is 0 Å². The molecule has 0 saturated carbocycles. The summed E-state index contributed by atoms with van der Waals surface area (Å²) in [5.74, 6) is 0.340. The van der Waals surface area contributed by atoms with Crippen LogP contribution in [0.15, 0.2) is 24.5 Å². The molecule has 1 aliphatic rings. The quantitative estimate of drug-likeness (QED) is 0.728. The Morgan fingerprint density at radius 3 is 2.75 bits per heavy atom. The maximum absolute atomic E-state index is 12.9. The molecule has 0 spiro atoms. The summed E-state index contributed by atoms with van der Waals surface area (Å²) < 4.78 is 0. The van der Waals surface area contributed by atoms with Gasteiger partial charge in [-0.3, -0.25) is 14.8 Å². The number of nitriles is 1. The number of benzene rings is 1. The van der Waals surface area contributed by atoms with Crippen LogP contribution in [0.5, 0.6) is 0 Å². The number of carbonyl (C=O) groups is 1. The number of carbonyl (C=O) groups excluding carboxylic acids is 1. The van der Waals surface area contributed by atoms with Gasteiger partial charge in [0, 0.05) is 30.9 Å². The van der Waals surface area contributed by atoms with Crippen LogP contribution in [0.2, 0.25) is 0 Å². The summed E-state index contributed by atoms with van der Waals surface area (Å²) in [6.07, 6.45) is 4.34. The Bertz CT molecular complexity index is 919. The molecule has 0 radical (unpaired) electrons. The van der Waals surface area contributed by atoms with E-state index in [-0.39, 0.29) is 11.3 Å². The van der Waals surface area contributed by atoms with E-state index < -0.39 is 5.54 Å². The van der Waals surface area contributed by atoms with Gasteiger partial charge in [0.25, 0.3) is 0 Å². The Morgan fingerprint density at radius 2 is 2.11 bits per heavy atom. The molecule has 4 N–H and O–H groups in total. The van der Waals surface area contributed by atoms with E-state index in [1.165, 1.54) is 0 Å². The minimum atomic E-state index is -0.609. The largest absolute Gasteiger partial charge is 0.345 e. The van der Waals surface area contributed by atoms with Gasteiger partial charge >= 0.3 is 0 Å². The highest BCUT2D eigenvalue weighted by atomic mass is 16.1. The van der Waals surface area contributed by atoms with Crippen LogP contribution in [0.4, 0.5) is 0 Å². The molecular formula is C21H28N6O. The lowest BCUT2D eigenvalue weighted by Crippen LogP contribution is -2.57. The van der Waals surface area contributed by atoms with E-state index in [0.29, 0.717) is 42.0 Å². The van der Waals surface area contributed by atoms with Crippen molar-refractivity contribution in [1.82, 2.24) is 20.6 Å². The molecule has 7 heteroatoms. The lowest BCUT2D eigenvalue weighted by molar-refractivity contribution is -0.125. The van der Waals surface area contributed by atoms with Crippen LogP contribution in [0, 0.1) is 22.7 Å². The third-order valence-electron chi connectivity index (χ3n) is 5.45. The van der Waals surface area contributed by atoms with Crippen molar-refractivity contribution in [2.24, 2.45) is 17.1 Å². The number of fused-ring (bicyclic) bond motifs is 1. The number of amides is 1. The van der Waals surface area contributed by atoms with Gasteiger partial charge in [0.15, 0.2) is 0 Å². The second kappa shape index (κ2) is 7.82. The maximum atomic E-state index is 12.9. The average Bonchev–Trinajstić information content (AvgIpc) is 2.66. The molecule has 0 bridgehead atoms. The summed E-state index contributed by atoms with van der Waals surface area (Å²) in [4.78, 5) is 21.8. The van der Waals surface area contributed by atoms with E-state index in [9.17, 15) is 10.1 Å². The van der Waals surface area contributed by atoms with Crippen LogP contribution in [-0.4, -0.2) is 35.5 Å². The molecule has 1 amide bonds. The van der Waals surface area contributed by atoms with Gasteiger partial charge in [-0.25, -0.2) is 0 Å². The van der Waals surface area contributed by atoms with Crippen molar-refractivity contribution in [3.8, 4) is 6.07 Å². The second-order valence-corrected chi connectivity index (χ2v) is 8.64. The molecular weight excluding hydrogens is 352 g/mol. The lowest BCUT2D eigenvalue weighted by Gasteiger charge is -2.42. The van der Waals surface area contributed by atoms with E-state index in [0.717, 1.165) is 18.5 Å². The zero-order chi connectivity index (χ0) is 20.4. The topological polar surface area (TPSA) is 117 Å². The molecule has 2 heterocycles. The number of aromatic nitrogens is 2. The van der Waals surface area contributed by atoms with E-state index in [1.54, 1.807) is 18.5 Å². The molecule has 2 aromatic rings. The molecule has 7 nitrogen and oxygen atoms in total. The normalized spacial score (nSPS) is 22.6. The first kappa shape index (κ1) is 20.2. The average molecular weight is 380 g/mol. The van der Waals surface area contributed by atoms with Crippen molar-refractivity contribution in [3.05, 3.63) is 35.7 Å². The van der Waals surface area contributed by atoms with E-state index in [4.69, 9.17) is 5.73 Å². The summed E-state index contributed by atoms with van der Waals surface area (Å²) >= 11 is 0. The minimum absolute atomic E-state index is 0.0345. The summed E-state index contributed by atoms with van der Waals surface area (Å²) in [7, 11) is 0. The fourth-order valence-electron chi connectivity index (χ4n) is 3.99. The van der Waals surface area contributed by atoms with Crippen molar-refractivity contribution >= 4 is 16.9 Å². The van der Waals surface area contributed by atoms with Crippen LogP contribution < -0.4 is 16.4 Å². The molecule has 0 unspecified atom stereocenters. The van der Waals surface area contributed by atoms with Gasteiger partial charge in [0.2, 0.25) is 5.91 Å². The summed E-state index contributed by atoms with van der Waals surface area (Å²) in [5.41, 5.74) is 7.54. The molecule has 0 aliphatic carbocycles. The summed E-state index contributed by atoms with van der Waals surface area (Å²) in [6, 6.07) is 5.86. The smallest absolute Gasteiger partial charge is 0.221 e. The maximum Gasteiger partial charge on any atom is 0.221 e. The number of nitrogens with one attached hydrogen (secondary N) is 2. The van der Waals surface area contributed by atoms with Gasteiger partial charge in [-0.15, -0.1) is 0 Å². The lowest BCUT2D eigenvalue weighted by atomic mass is 9.77. The Balaban J connectivity index is 2.08. The first-order chi connectivity index (χ1) is 13.3. The third-order valence-corrected chi connectivity index (χ3v) is 5.45. The van der Waals surface area contributed by atoms with Crippen molar-refractivity contribution in [3.63, 3.8) is 0 Å². The predicted octanol–water partition coefficient (Wildman–Crippen LogP) is 1.82. The minimum Gasteiger partial charge on any atom is -0.345 e. The Kier molecular flexibility index (Phi) is 5.64. The molecule has 1 saturated heterocycles. The van der Waals surface area contributed by atoms with Gasteiger partial charge in [0.05, 0.1) is 16.6 Å². The van der Waals surface area contributed by atoms with Crippen LogP contribution in [0.25, 0.3) is 11.0 Å². The van der Waals surface area contributed by atoms with Crippen LogP contribution in [0.3, 0.4) is 0 Å². The van der Waals surface area contributed by atoms with Crippen LogP contribution in [-0.2, 0) is 10.3 Å². The van der Waals surface area contributed by atoms with Crippen molar-refractivity contribution in [2.45, 2.75) is 39.2 Å². The van der Waals surface area contributed by atoms with Crippen LogP contribution in [0.1, 0.15) is 44.7 Å². The fourth-order valence-corrected chi connectivity index (χ4v) is 3.99. The number of piperidine rings is 1. The number of nitrogens with zero attached hydrogens (tertiary/aromatic N) is 3. The molecule has 1 aromatic heterocycles. The third kappa shape index (κ3) is 3.98. The second-order valence-electron chi connectivity index (χ2n) is 8.64. The van der Waals surface area contributed by atoms with Gasteiger partial charge in [0.1, 0.15) is 11.6 Å². The standard InChI is InChI=1S/C21H28N6O/c1-14-8-21(13-24-11-14,27-17(28)9-20(2,3)12-23)16-5-4-15(10-22)18-19(16)26-7-6-25-18/h4-7,14,24H,8-9,11-13,23H2,1-3H3,(H,27,28)/t14-,21-/m0/s1. The highest BCUT2D eigenvalue weighted by Crippen LogP contribution is 2.36. The zero-order valence-electron chi connectivity index (χ0n) is 16.7. The van der Waals surface area contributed by atoms with Gasteiger partial charge in [-0.05, 0) is 36.9 Å². The molecule has 2 atom stereocenters. The molecule has 1 fully saturated rings. The first-order valence-corrected chi connectivity index (χ1v) is 9.66. The Hall–Kier alpha value is -2.56. The number of hydrogen-bond acceptors (Lipinski definition) is 6. The molecule has 148 valence electrons. The first-order valence-electron chi connectivity index (χ1n) is 9.66. The SMILES string of the molecule is C[C@@H]1CNC[C@](NC(=O)CC(C)(C)CN)(c2ccc(C#N)c3nccnc23)C1. The van der Waals surface area contributed by atoms with Crippen molar-refractivity contribution in [1.29, 1.82) is 5.26 Å². The van der Waals surface area contributed by atoms with Crippen molar-refractivity contribution < 1.29 is 4.79 Å². The Labute approximate surface area is 165 Å². The zero-order valence-corrected chi connectivity index (χ0v) is 16.7. The highest BCUT2D eigenvalue weighted by molar-refractivity contribution is 5.86. The summed E-state index contributed by atoms with van der Waals surface area (Å²) in [5, 5.41) is 16.2. The molecule has 28 heavy (non-hydrogen) atoms. The molecule has 1 aromatic carbocycles.